The molecule has 0 spiro atoms. The first-order valence-corrected chi connectivity index (χ1v) is 10.6. The first-order valence-electron chi connectivity index (χ1n) is 10.6. The smallest absolute Gasteiger partial charge is 0.138 e. The quantitative estimate of drug-likeness (QED) is 0.443. The fourth-order valence-electron chi connectivity index (χ4n) is 4.75. The van der Waals surface area contributed by atoms with Crippen LogP contribution < -0.4 is 4.74 Å². The molecule has 1 fully saturated rings. The number of halogens is 1. The average Bonchev–Trinajstić information content (AvgIpc) is 2.75. The lowest BCUT2D eigenvalue weighted by molar-refractivity contribution is 0.308. The summed E-state index contributed by atoms with van der Waals surface area (Å²) in [6.07, 6.45) is 7.86. The molecule has 0 atom stereocenters. The van der Waals surface area contributed by atoms with Gasteiger partial charge in [0.05, 0.1) is 7.11 Å². The molecule has 1 aliphatic carbocycles. The molecular formula is C26H29FO. The lowest BCUT2D eigenvalue weighted by atomic mass is 9.77. The fraction of sp³-hybridized carbons (Fsp3) is 0.385. The zero-order chi connectivity index (χ0) is 19.5. The summed E-state index contributed by atoms with van der Waals surface area (Å²) in [5, 5.41) is 1.71. The summed E-state index contributed by atoms with van der Waals surface area (Å²) in [5.74, 6) is 2.18. The largest absolute Gasteiger partial charge is 0.497 e. The number of benzene rings is 3. The molecular weight excluding hydrogens is 347 g/mol. The van der Waals surface area contributed by atoms with E-state index in [1.165, 1.54) is 44.1 Å². The Balaban J connectivity index is 1.59. The van der Waals surface area contributed by atoms with E-state index in [0.29, 0.717) is 16.9 Å². The van der Waals surface area contributed by atoms with Gasteiger partial charge in [0.15, 0.2) is 0 Å². The van der Waals surface area contributed by atoms with E-state index in [-0.39, 0.29) is 5.82 Å². The Morgan fingerprint density at radius 1 is 0.929 bits per heavy atom. The summed E-state index contributed by atoms with van der Waals surface area (Å²) < 4.78 is 20.4. The van der Waals surface area contributed by atoms with Crippen LogP contribution in [0.5, 0.6) is 5.75 Å². The fourth-order valence-corrected chi connectivity index (χ4v) is 4.75. The Labute approximate surface area is 167 Å². The third-order valence-electron chi connectivity index (χ3n) is 6.39. The highest BCUT2D eigenvalue weighted by Crippen LogP contribution is 2.39. The minimum absolute atomic E-state index is 0.138. The monoisotopic (exact) mass is 376 g/mol. The van der Waals surface area contributed by atoms with Crippen molar-refractivity contribution in [2.45, 2.75) is 51.4 Å². The van der Waals surface area contributed by atoms with Gasteiger partial charge in [-0.1, -0.05) is 62.2 Å². The summed E-state index contributed by atoms with van der Waals surface area (Å²) in [7, 11) is 1.64. The molecule has 1 nitrogen and oxygen atoms in total. The average molecular weight is 377 g/mol. The molecule has 0 amide bonds. The van der Waals surface area contributed by atoms with Crippen LogP contribution in [-0.2, 0) is 0 Å². The zero-order valence-electron chi connectivity index (χ0n) is 16.9. The van der Waals surface area contributed by atoms with Crippen molar-refractivity contribution in [3.8, 4) is 16.9 Å². The van der Waals surface area contributed by atoms with Crippen LogP contribution in [0.4, 0.5) is 4.39 Å². The molecule has 0 radical (unpaired) electrons. The second-order valence-corrected chi connectivity index (χ2v) is 8.14. The molecule has 4 rings (SSSR count). The molecule has 0 aliphatic heterocycles. The van der Waals surface area contributed by atoms with Crippen molar-refractivity contribution in [3.05, 3.63) is 66.0 Å². The molecule has 0 N–H and O–H groups in total. The van der Waals surface area contributed by atoms with Crippen LogP contribution in [-0.4, -0.2) is 7.11 Å². The standard InChI is InChI=1S/C26H29FO/c1-3-4-18-5-7-19(8-6-18)21-11-15-25-22(17-21)12-16-24(26(25)27)20-9-13-23(28-2)14-10-20/h9-19H,3-8H2,1-2H3. The predicted octanol–water partition coefficient (Wildman–Crippen LogP) is 7.73. The van der Waals surface area contributed by atoms with Crippen LogP contribution in [0.15, 0.2) is 54.6 Å². The van der Waals surface area contributed by atoms with Gasteiger partial charge in [0.25, 0.3) is 0 Å². The second kappa shape index (κ2) is 8.34. The number of rotatable bonds is 5. The number of methoxy groups -OCH3 is 1. The third kappa shape index (κ3) is 3.78. The van der Waals surface area contributed by atoms with Gasteiger partial charge in [-0.25, -0.2) is 4.39 Å². The first kappa shape index (κ1) is 19.0. The lowest BCUT2D eigenvalue weighted by Crippen LogP contribution is -2.13. The number of fused-ring (bicyclic) bond motifs is 1. The molecule has 1 aliphatic rings. The number of ether oxygens (including phenoxy) is 1. The summed E-state index contributed by atoms with van der Waals surface area (Å²) in [6, 6.07) is 17.9. The van der Waals surface area contributed by atoms with E-state index in [1.54, 1.807) is 7.11 Å². The highest BCUT2D eigenvalue weighted by Gasteiger charge is 2.22. The minimum Gasteiger partial charge on any atom is -0.497 e. The van der Waals surface area contributed by atoms with Gasteiger partial charge >= 0.3 is 0 Å². The van der Waals surface area contributed by atoms with Gasteiger partial charge in [-0.15, -0.1) is 0 Å². The van der Waals surface area contributed by atoms with Crippen LogP contribution >= 0.6 is 0 Å². The summed E-state index contributed by atoms with van der Waals surface area (Å²) in [6.45, 7) is 2.28. The van der Waals surface area contributed by atoms with E-state index in [9.17, 15) is 0 Å². The molecule has 3 aromatic carbocycles. The number of hydrogen-bond donors (Lipinski definition) is 0. The summed E-state index contributed by atoms with van der Waals surface area (Å²) >= 11 is 0. The van der Waals surface area contributed by atoms with E-state index < -0.39 is 0 Å². The SMILES string of the molecule is CCCC1CCC(c2ccc3c(F)c(-c4ccc(OC)cc4)ccc3c2)CC1. The molecule has 0 saturated heterocycles. The Kier molecular flexibility index (Phi) is 5.66. The molecule has 2 heteroatoms. The second-order valence-electron chi connectivity index (χ2n) is 8.14. The van der Waals surface area contributed by atoms with Gasteiger partial charge < -0.3 is 4.74 Å². The van der Waals surface area contributed by atoms with Gasteiger partial charge in [0, 0.05) is 10.9 Å². The highest BCUT2D eigenvalue weighted by molar-refractivity contribution is 5.89. The third-order valence-corrected chi connectivity index (χ3v) is 6.39. The highest BCUT2D eigenvalue weighted by atomic mass is 19.1. The van der Waals surface area contributed by atoms with Gasteiger partial charge in [-0.05, 0) is 66.2 Å². The van der Waals surface area contributed by atoms with Crippen LogP contribution in [0.3, 0.4) is 0 Å². The van der Waals surface area contributed by atoms with E-state index in [4.69, 9.17) is 4.74 Å². The predicted molar refractivity (Wildman–Crippen MR) is 116 cm³/mol. The van der Waals surface area contributed by atoms with Crippen LogP contribution in [0, 0.1) is 11.7 Å². The normalized spacial score (nSPS) is 19.7. The topological polar surface area (TPSA) is 9.23 Å². The summed E-state index contributed by atoms with van der Waals surface area (Å²) in [4.78, 5) is 0. The van der Waals surface area contributed by atoms with Crippen molar-refractivity contribution in [2.24, 2.45) is 5.92 Å². The van der Waals surface area contributed by atoms with Gasteiger partial charge in [0.1, 0.15) is 11.6 Å². The van der Waals surface area contributed by atoms with Crippen LogP contribution in [0.25, 0.3) is 21.9 Å². The molecule has 28 heavy (non-hydrogen) atoms. The molecule has 3 aromatic rings. The van der Waals surface area contributed by atoms with Crippen molar-refractivity contribution in [1.29, 1.82) is 0 Å². The Hall–Kier alpha value is -2.35. The molecule has 0 heterocycles. The maximum absolute atomic E-state index is 15.2. The molecule has 0 bridgehead atoms. The van der Waals surface area contributed by atoms with Crippen molar-refractivity contribution >= 4 is 10.8 Å². The van der Waals surface area contributed by atoms with Gasteiger partial charge in [-0.2, -0.15) is 0 Å². The lowest BCUT2D eigenvalue weighted by Gasteiger charge is -2.28. The van der Waals surface area contributed by atoms with E-state index in [1.807, 2.05) is 36.4 Å². The van der Waals surface area contributed by atoms with Gasteiger partial charge in [-0.3, -0.25) is 0 Å². The van der Waals surface area contributed by atoms with Crippen molar-refractivity contribution in [3.63, 3.8) is 0 Å². The summed E-state index contributed by atoms with van der Waals surface area (Å²) in [5.41, 5.74) is 2.89. The van der Waals surface area contributed by atoms with Crippen molar-refractivity contribution in [1.82, 2.24) is 0 Å². The van der Waals surface area contributed by atoms with E-state index >= 15 is 4.39 Å². The maximum atomic E-state index is 15.2. The van der Waals surface area contributed by atoms with Crippen LogP contribution in [0.2, 0.25) is 0 Å². The molecule has 1 saturated carbocycles. The Morgan fingerprint density at radius 3 is 2.36 bits per heavy atom. The van der Waals surface area contributed by atoms with E-state index in [0.717, 1.165) is 22.6 Å². The Bertz CT molecular complexity index is 937. The molecule has 0 aromatic heterocycles. The van der Waals surface area contributed by atoms with Crippen molar-refractivity contribution < 1.29 is 9.13 Å². The molecule has 0 unspecified atom stereocenters. The minimum atomic E-state index is -0.138. The maximum Gasteiger partial charge on any atom is 0.138 e. The number of hydrogen-bond acceptors (Lipinski definition) is 1. The Morgan fingerprint density at radius 2 is 1.68 bits per heavy atom. The van der Waals surface area contributed by atoms with Gasteiger partial charge in [0.2, 0.25) is 0 Å². The first-order chi connectivity index (χ1) is 13.7. The van der Waals surface area contributed by atoms with Crippen molar-refractivity contribution in [2.75, 3.05) is 7.11 Å². The van der Waals surface area contributed by atoms with Crippen LogP contribution in [0.1, 0.15) is 56.9 Å². The molecule has 146 valence electrons. The van der Waals surface area contributed by atoms with E-state index in [2.05, 4.69) is 25.1 Å². The zero-order valence-corrected chi connectivity index (χ0v) is 16.9.